The molecule has 2 rings (SSSR count). The molecule has 1 heterocycles. The van der Waals surface area contributed by atoms with Crippen LogP contribution < -0.4 is 5.73 Å². The van der Waals surface area contributed by atoms with E-state index in [-0.39, 0.29) is 10.7 Å². The van der Waals surface area contributed by atoms with Gasteiger partial charge in [-0.25, -0.2) is 8.42 Å². The van der Waals surface area contributed by atoms with Gasteiger partial charge in [-0.3, -0.25) is 0 Å². The summed E-state index contributed by atoms with van der Waals surface area (Å²) in [5.74, 6) is 0.792. The third kappa shape index (κ3) is 4.49. The van der Waals surface area contributed by atoms with Crippen LogP contribution in [0.1, 0.15) is 25.3 Å². The summed E-state index contributed by atoms with van der Waals surface area (Å²) in [7, 11) is -3.29. The predicted molar refractivity (Wildman–Crippen MR) is 89.2 cm³/mol. The quantitative estimate of drug-likeness (QED) is 0.836. The summed E-state index contributed by atoms with van der Waals surface area (Å²) < 4.78 is 24.8. The fourth-order valence-electron chi connectivity index (χ4n) is 2.70. The SMILES string of the molecule is CC1CCCN(CCS(=O)(=O)c2cccc(C(N)=S)c2)C1. The molecule has 21 heavy (non-hydrogen) atoms. The smallest absolute Gasteiger partial charge is 0.179 e. The molecule has 2 N–H and O–H groups in total. The van der Waals surface area contributed by atoms with Crippen LogP contribution in [-0.4, -0.2) is 43.7 Å². The third-order valence-corrected chi connectivity index (χ3v) is 5.82. The van der Waals surface area contributed by atoms with Gasteiger partial charge >= 0.3 is 0 Å². The number of sulfone groups is 1. The summed E-state index contributed by atoms with van der Waals surface area (Å²) in [6.07, 6.45) is 2.39. The zero-order chi connectivity index (χ0) is 15.5. The van der Waals surface area contributed by atoms with Gasteiger partial charge in [-0.1, -0.05) is 31.3 Å². The Morgan fingerprint density at radius 3 is 2.90 bits per heavy atom. The molecule has 1 atom stereocenters. The lowest BCUT2D eigenvalue weighted by Crippen LogP contribution is -2.37. The van der Waals surface area contributed by atoms with Crippen molar-refractivity contribution in [2.45, 2.75) is 24.7 Å². The van der Waals surface area contributed by atoms with Crippen LogP contribution in [0.3, 0.4) is 0 Å². The van der Waals surface area contributed by atoms with Gasteiger partial charge in [0.25, 0.3) is 0 Å². The van der Waals surface area contributed by atoms with E-state index in [9.17, 15) is 8.42 Å². The standard InChI is InChI=1S/C15H22N2O2S2/c1-12-4-3-7-17(11-12)8-9-21(18,19)14-6-2-5-13(10-14)15(16)20/h2,5-6,10,12H,3-4,7-9,11H2,1H3,(H2,16,20). The number of nitrogens with two attached hydrogens (primary N) is 1. The Morgan fingerprint density at radius 2 is 2.24 bits per heavy atom. The maximum atomic E-state index is 12.4. The fraction of sp³-hybridized carbons (Fsp3) is 0.533. The first-order valence-electron chi connectivity index (χ1n) is 7.23. The van der Waals surface area contributed by atoms with Crippen molar-refractivity contribution in [3.05, 3.63) is 29.8 Å². The maximum absolute atomic E-state index is 12.4. The van der Waals surface area contributed by atoms with Crippen LogP contribution >= 0.6 is 12.2 Å². The van der Waals surface area contributed by atoms with E-state index in [1.165, 1.54) is 6.42 Å². The zero-order valence-electron chi connectivity index (χ0n) is 12.3. The van der Waals surface area contributed by atoms with Gasteiger partial charge in [-0.2, -0.15) is 0 Å². The number of thiocarbonyl (C=S) groups is 1. The molecule has 0 aromatic heterocycles. The van der Waals surface area contributed by atoms with Crippen LogP contribution in [0.15, 0.2) is 29.2 Å². The molecule has 0 amide bonds. The van der Waals surface area contributed by atoms with Crippen molar-refractivity contribution in [3.63, 3.8) is 0 Å². The Labute approximate surface area is 132 Å². The summed E-state index contributed by atoms with van der Waals surface area (Å²) in [6.45, 7) is 4.78. The highest BCUT2D eigenvalue weighted by atomic mass is 32.2. The molecule has 0 aliphatic carbocycles. The van der Waals surface area contributed by atoms with Gasteiger partial charge < -0.3 is 10.6 Å². The highest BCUT2D eigenvalue weighted by molar-refractivity contribution is 7.91. The second-order valence-electron chi connectivity index (χ2n) is 5.76. The molecule has 116 valence electrons. The monoisotopic (exact) mass is 326 g/mol. The van der Waals surface area contributed by atoms with Gasteiger partial charge in [0.1, 0.15) is 4.99 Å². The van der Waals surface area contributed by atoms with Crippen molar-refractivity contribution in [2.75, 3.05) is 25.4 Å². The van der Waals surface area contributed by atoms with Gasteiger partial charge in [-0.05, 0) is 37.4 Å². The highest BCUT2D eigenvalue weighted by Crippen LogP contribution is 2.17. The Kier molecular flexibility index (Phi) is 5.35. The summed E-state index contributed by atoms with van der Waals surface area (Å²) in [5, 5.41) is 0. The van der Waals surface area contributed by atoms with Crippen molar-refractivity contribution in [1.29, 1.82) is 0 Å². The van der Waals surface area contributed by atoms with Gasteiger partial charge in [0.2, 0.25) is 0 Å². The first-order chi connectivity index (χ1) is 9.88. The number of nitrogens with zero attached hydrogens (tertiary/aromatic N) is 1. The van der Waals surface area contributed by atoms with Crippen molar-refractivity contribution >= 4 is 27.0 Å². The summed E-state index contributed by atoms with van der Waals surface area (Å²) >= 11 is 4.90. The first-order valence-corrected chi connectivity index (χ1v) is 9.29. The minimum absolute atomic E-state index is 0.139. The summed E-state index contributed by atoms with van der Waals surface area (Å²) in [6, 6.07) is 6.59. The number of benzene rings is 1. The van der Waals surface area contributed by atoms with E-state index in [4.69, 9.17) is 18.0 Å². The van der Waals surface area contributed by atoms with Crippen LogP contribution in [0, 0.1) is 5.92 Å². The Morgan fingerprint density at radius 1 is 1.48 bits per heavy atom. The molecule has 1 unspecified atom stereocenters. The van der Waals surface area contributed by atoms with Crippen molar-refractivity contribution in [3.8, 4) is 0 Å². The fourth-order valence-corrected chi connectivity index (χ4v) is 4.15. The van der Waals surface area contributed by atoms with E-state index in [1.807, 2.05) is 0 Å². The molecule has 1 aromatic carbocycles. The third-order valence-electron chi connectivity index (χ3n) is 3.90. The maximum Gasteiger partial charge on any atom is 0.179 e. The number of likely N-dealkylation sites (tertiary alicyclic amines) is 1. The zero-order valence-corrected chi connectivity index (χ0v) is 13.9. The molecule has 0 saturated carbocycles. The summed E-state index contributed by atoms with van der Waals surface area (Å²) in [4.78, 5) is 2.76. The number of hydrogen-bond donors (Lipinski definition) is 1. The number of piperidine rings is 1. The van der Waals surface area contributed by atoms with Crippen molar-refractivity contribution in [1.82, 2.24) is 4.90 Å². The second-order valence-corrected chi connectivity index (χ2v) is 8.31. The molecule has 6 heteroatoms. The van der Waals surface area contributed by atoms with Crippen LogP contribution in [-0.2, 0) is 9.84 Å². The minimum atomic E-state index is -3.29. The molecule has 0 bridgehead atoms. The van der Waals surface area contributed by atoms with Crippen LogP contribution in [0.4, 0.5) is 0 Å². The lowest BCUT2D eigenvalue weighted by molar-refractivity contribution is 0.193. The van der Waals surface area contributed by atoms with E-state index in [2.05, 4.69) is 11.8 Å². The molecule has 1 fully saturated rings. The first kappa shape index (κ1) is 16.4. The molecule has 0 spiro atoms. The van der Waals surface area contributed by atoms with Crippen molar-refractivity contribution in [2.24, 2.45) is 11.7 Å². The second kappa shape index (κ2) is 6.85. The predicted octanol–water partition coefficient (Wildman–Crippen LogP) is 1.83. The van der Waals surface area contributed by atoms with Gasteiger partial charge in [0, 0.05) is 18.7 Å². The topological polar surface area (TPSA) is 63.4 Å². The molecule has 1 aliphatic rings. The van der Waals surface area contributed by atoms with Crippen LogP contribution in [0.2, 0.25) is 0 Å². The highest BCUT2D eigenvalue weighted by Gasteiger charge is 2.20. The molecule has 1 aromatic rings. The van der Waals surface area contributed by atoms with E-state index in [0.29, 0.717) is 22.9 Å². The van der Waals surface area contributed by atoms with E-state index in [1.54, 1.807) is 24.3 Å². The molecule has 1 aliphatic heterocycles. The van der Waals surface area contributed by atoms with Crippen molar-refractivity contribution < 1.29 is 8.42 Å². The summed E-state index contributed by atoms with van der Waals surface area (Å²) in [5.41, 5.74) is 6.16. The average Bonchev–Trinajstić information content (AvgIpc) is 2.45. The molecular weight excluding hydrogens is 304 g/mol. The van der Waals surface area contributed by atoms with Crippen LogP contribution in [0.5, 0.6) is 0 Å². The molecule has 0 radical (unpaired) electrons. The molecule has 1 saturated heterocycles. The van der Waals surface area contributed by atoms with Gasteiger partial charge in [-0.15, -0.1) is 0 Å². The van der Waals surface area contributed by atoms with Gasteiger partial charge in [0.05, 0.1) is 10.6 Å². The Bertz CT molecular complexity index is 614. The minimum Gasteiger partial charge on any atom is -0.389 e. The van der Waals surface area contributed by atoms with Gasteiger partial charge in [0.15, 0.2) is 9.84 Å². The van der Waals surface area contributed by atoms with E-state index in [0.717, 1.165) is 19.5 Å². The average molecular weight is 326 g/mol. The number of rotatable bonds is 5. The van der Waals surface area contributed by atoms with E-state index < -0.39 is 9.84 Å². The Balaban J connectivity index is 2.04. The Hall–Kier alpha value is -0.980. The largest absolute Gasteiger partial charge is 0.389 e. The van der Waals surface area contributed by atoms with Crippen LogP contribution in [0.25, 0.3) is 0 Å². The lowest BCUT2D eigenvalue weighted by Gasteiger charge is -2.30. The normalized spacial score (nSPS) is 20.3. The molecular formula is C15H22N2O2S2. The van der Waals surface area contributed by atoms with E-state index >= 15 is 0 Å². The number of hydrogen-bond acceptors (Lipinski definition) is 4. The lowest BCUT2D eigenvalue weighted by atomic mass is 10.0. The molecule has 4 nitrogen and oxygen atoms in total.